The number of nitrogens with two attached hydrogens (primary N) is 2. The number of hydrazine groups is 4. The van der Waals surface area contributed by atoms with Crippen LogP contribution in [0.4, 0.5) is 0 Å². The van der Waals surface area contributed by atoms with Crippen molar-refractivity contribution in [3.63, 3.8) is 0 Å². The van der Waals surface area contributed by atoms with Crippen molar-refractivity contribution in [1.82, 2.24) is 21.9 Å². The molecule has 0 aromatic carbocycles. The highest BCUT2D eigenvalue weighted by Crippen LogP contribution is 2.21. The smallest absolute Gasteiger partial charge is 0.309 e. The molecule has 2 atom stereocenters. The predicted molar refractivity (Wildman–Crippen MR) is 120 cm³/mol. The fourth-order valence-electron chi connectivity index (χ4n) is 3.61. The molecule has 0 aromatic heterocycles. The molecule has 2 unspecified atom stereocenters. The van der Waals surface area contributed by atoms with Gasteiger partial charge in [-0.3, -0.25) is 16.5 Å². The number of hydrogen-bond donors (Lipinski definition) is 6. The quantitative estimate of drug-likeness (QED) is 0.0688. The Kier molecular flexibility index (Phi) is 21.3. The minimum Gasteiger partial charge on any atom is -0.462 e. The van der Waals surface area contributed by atoms with Crippen LogP contribution in [0.2, 0.25) is 0 Å². The Morgan fingerprint density at radius 1 is 0.724 bits per heavy atom. The number of carbonyl (C=O) groups excluding carboxylic acids is 1. The van der Waals surface area contributed by atoms with E-state index in [0.717, 1.165) is 103 Å². The third kappa shape index (κ3) is 17.8. The molecule has 29 heavy (non-hydrogen) atoms. The molecule has 0 saturated heterocycles. The number of rotatable bonds is 22. The molecule has 0 aromatic rings. The molecule has 8 N–H and O–H groups in total. The molecule has 0 rings (SSSR count). The van der Waals surface area contributed by atoms with E-state index in [0.29, 0.717) is 0 Å². The first-order chi connectivity index (χ1) is 14.2. The minimum absolute atomic E-state index is 0.0255. The van der Waals surface area contributed by atoms with E-state index in [-0.39, 0.29) is 18.0 Å². The van der Waals surface area contributed by atoms with Crippen LogP contribution in [0.5, 0.6) is 0 Å². The lowest BCUT2D eigenvalue weighted by Gasteiger charge is -2.22. The van der Waals surface area contributed by atoms with Gasteiger partial charge in [0.1, 0.15) is 6.10 Å². The van der Waals surface area contributed by atoms with Crippen LogP contribution in [0.15, 0.2) is 0 Å². The normalized spacial score (nSPS) is 13.4. The van der Waals surface area contributed by atoms with E-state index in [1.807, 2.05) is 0 Å². The van der Waals surface area contributed by atoms with Gasteiger partial charge in [-0.05, 0) is 44.9 Å². The molecule has 0 fully saturated rings. The minimum atomic E-state index is 0.0255. The lowest BCUT2D eigenvalue weighted by molar-refractivity contribution is -0.155. The molecule has 0 aliphatic rings. The number of unbranched alkanes of at least 4 members (excludes halogenated alkanes) is 6. The van der Waals surface area contributed by atoms with Crippen molar-refractivity contribution in [2.45, 2.75) is 110 Å². The summed E-state index contributed by atoms with van der Waals surface area (Å²) in [5, 5.41) is 0. The van der Waals surface area contributed by atoms with Gasteiger partial charge in [-0.2, -0.15) is 11.1 Å². The summed E-state index contributed by atoms with van der Waals surface area (Å²) < 4.78 is 5.95. The van der Waals surface area contributed by atoms with Crippen molar-refractivity contribution in [3.05, 3.63) is 0 Å². The largest absolute Gasteiger partial charge is 0.462 e. The van der Waals surface area contributed by atoms with Crippen molar-refractivity contribution in [2.75, 3.05) is 13.1 Å². The second kappa shape index (κ2) is 21.9. The van der Waals surface area contributed by atoms with E-state index in [1.165, 1.54) is 0 Å². The number of ether oxygens (including phenoxy) is 1. The fourth-order valence-corrected chi connectivity index (χ4v) is 3.61. The SMILES string of the molecule is CCCC(CCCCCCNNN)OC(=O)C(CCC)CCCCCCNNN. The topological polar surface area (TPSA) is 126 Å². The first kappa shape index (κ1) is 28.2. The maximum absolute atomic E-state index is 12.7. The number of nitrogens with one attached hydrogen (secondary N) is 4. The molecule has 0 bridgehead atoms. The van der Waals surface area contributed by atoms with Crippen LogP contribution in [0.25, 0.3) is 0 Å². The van der Waals surface area contributed by atoms with Gasteiger partial charge in [0.15, 0.2) is 0 Å². The summed E-state index contributed by atoms with van der Waals surface area (Å²) >= 11 is 0. The molecule has 0 amide bonds. The highest BCUT2D eigenvalue weighted by Gasteiger charge is 2.22. The van der Waals surface area contributed by atoms with Gasteiger partial charge >= 0.3 is 5.97 Å². The van der Waals surface area contributed by atoms with E-state index < -0.39 is 0 Å². The first-order valence-corrected chi connectivity index (χ1v) is 11.8. The van der Waals surface area contributed by atoms with Gasteiger partial charge in [0, 0.05) is 13.1 Å². The maximum Gasteiger partial charge on any atom is 0.309 e. The zero-order valence-electron chi connectivity index (χ0n) is 18.9. The summed E-state index contributed by atoms with van der Waals surface area (Å²) in [5.41, 5.74) is 10.7. The Bertz CT molecular complexity index is 360. The van der Waals surface area contributed by atoms with E-state index in [4.69, 9.17) is 16.4 Å². The Balaban J connectivity index is 4.14. The van der Waals surface area contributed by atoms with Crippen molar-refractivity contribution in [3.8, 4) is 0 Å². The third-order valence-electron chi connectivity index (χ3n) is 5.25. The lowest BCUT2D eigenvalue weighted by atomic mass is 9.96. The fraction of sp³-hybridized carbons (Fsp3) is 0.952. The van der Waals surface area contributed by atoms with Gasteiger partial charge in [0.25, 0.3) is 0 Å². The molecule has 0 saturated carbocycles. The van der Waals surface area contributed by atoms with Crippen LogP contribution in [0.1, 0.15) is 104 Å². The molecular weight excluding hydrogens is 368 g/mol. The Morgan fingerprint density at radius 2 is 1.24 bits per heavy atom. The van der Waals surface area contributed by atoms with Crippen LogP contribution >= 0.6 is 0 Å². The van der Waals surface area contributed by atoms with Gasteiger partial charge in [0.2, 0.25) is 0 Å². The molecule has 0 radical (unpaired) electrons. The van der Waals surface area contributed by atoms with Gasteiger partial charge < -0.3 is 4.74 Å². The van der Waals surface area contributed by atoms with E-state index in [2.05, 4.69) is 35.8 Å². The predicted octanol–water partition coefficient (Wildman–Crippen LogP) is 2.95. The molecule has 8 heteroatoms. The second-order valence-electron chi connectivity index (χ2n) is 7.88. The van der Waals surface area contributed by atoms with Crippen molar-refractivity contribution in [1.29, 1.82) is 0 Å². The van der Waals surface area contributed by atoms with Crippen LogP contribution in [-0.4, -0.2) is 25.2 Å². The van der Waals surface area contributed by atoms with Crippen LogP contribution in [0, 0.1) is 5.92 Å². The van der Waals surface area contributed by atoms with Crippen molar-refractivity contribution >= 4 is 5.97 Å². The molecule has 8 nitrogen and oxygen atoms in total. The summed E-state index contributed by atoms with van der Waals surface area (Å²) in [7, 11) is 0. The Labute approximate surface area is 178 Å². The molecule has 0 spiro atoms. The highest BCUT2D eigenvalue weighted by atomic mass is 16.5. The molecule has 0 aliphatic heterocycles. The summed E-state index contributed by atoms with van der Waals surface area (Å²) in [6.07, 6.45) is 15.0. The summed E-state index contributed by atoms with van der Waals surface area (Å²) in [5.74, 6) is 10.4. The third-order valence-corrected chi connectivity index (χ3v) is 5.25. The molecule has 0 heterocycles. The average Bonchev–Trinajstić information content (AvgIpc) is 2.71. The molecule has 174 valence electrons. The van der Waals surface area contributed by atoms with Gasteiger partial charge in [-0.15, -0.1) is 0 Å². The monoisotopic (exact) mass is 416 g/mol. The second-order valence-corrected chi connectivity index (χ2v) is 7.88. The van der Waals surface area contributed by atoms with Crippen molar-refractivity contribution in [2.24, 2.45) is 17.6 Å². The molecule has 0 aliphatic carbocycles. The van der Waals surface area contributed by atoms with Gasteiger partial charge in [0.05, 0.1) is 5.92 Å². The molecular formula is C21H48N6O2. The van der Waals surface area contributed by atoms with E-state index in [1.54, 1.807) is 0 Å². The van der Waals surface area contributed by atoms with Crippen LogP contribution < -0.4 is 33.6 Å². The lowest BCUT2D eigenvalue weighted by Crippen LogP contribution is -2.38. The summed E-state index contributed by atoms with van der Waals surface area (Å²) in [6.45, 7) is 6.05. The zero-order chi connectivity index (χ0) is 21.6. The van der Waals surface area contributed by atoms with Gasteiger partial charge in [-0.25, -0.2) is 10.9 Å². The number of hydrogen-bond acceptors (Lipinski definition) is 8. The van der Waals surface area contributed by atoms with Gasteiger partial charge in [-0.1, -0.05) is 58.8 Å². The summed E-state index contributed by atoms with van der Waals surface area (Å²) in [6, 6.07) is 0. The summed E-state index contributed by atoms with van der Waals surface area (Å²) in [4.78, 5) is 12.7. The number of carbonyl (C=O) groups is 1. The van der Waals surface area contributed by atoms with Crippen molar-refractivity contribution < 1.29 is 9.53 Å². The van der Waals surface area contributed by atoms with E-state index in [9.17, 15) is 4.79 Å². The maximum atomic E-state index is 12.7. The average molecular weight is 417 g/mol. The van der Waals surface area contributed by atoms with Crippen LogP contribution in [-0.2, 0) is 9.53 Å². The standard InChI is InChI=1S/C21H48N6O2/c1-3-13-19(15-9-5-7-11-17-24-26-22)21(28)29-20(14-4-2)16-10-6-8-12-18-25-27-23/h19-20,24-27H,3-18,22-23H2,1-2H3. The Hall–Kier alpha value is -0.770. The first-order valence-electron chi connectivity index (χ1n) is 11.8. The van der Waals surface area contributed by atoms with Crippen LogP contribution in [0.3, 0.4) is 0 Å². The Morgan fingerprint density at radius 3 is 1.76 bits per heavy atom. The highest BCUT2D eigenvalue weighted by molar-refractivity contribution is 5.72. The number of esters is 1. The zero-order valence-corrected chi connectivity index (χ0v) is 18.9. The van der Waals surface area contributed by atoms with E-state index >= 15 is 0 Å².